The Morgan fingerprint density at radius 3 is 2.12 bits per heavy atom. The zero-order valence-electron chi connectivity index (χ0n) is 29.4. The molecule has 0 radical (unpaired) electrons. The van der Waals surface area contributed by atoms with Crippen molar-refractivity contribution in [2.45, 2.75) is 58.0 Å². The molecule has 0 saturated carbocycles. The molecule has 5 rings (SSSR count). The predicted octanol–water partition coefficient (Wildman–Crippen LogP) is 10.3. The van der Waals surface area contributed by atoms with Crippen LogP contribution < -0.4 is 4.90 Å². The summed E-state index contributed by atoms with van der Waals surface area (Å²) in [6, 6.07) is 24.8. The van der Waals surface area contributed by atoms with E-state index in [0.29, 0.717) is 18.7 Å². The van der Waals surface area contributed by atoms with Crippen LogP contribution in [0, 0.1) is 11.6 Å². The van der Waals surface area contributed by atoms with Gasteiger partial charge < -0.3 is 14.7 Å². The van der Waals surface area contributed by atoms with Gasteiger partial charge in [0.05, 0.1) is 10.6 Å². The lowest BCUT2D eigenvalue weighted by Gasteiger charge is -2.39. The second-order valence-electron chi connectivity index (χ2n) is 13.3. The fraction of sp³-hybridized carbons (Fsp3) is 0.341. The minimum absolute atomic E-state index is 0.0481. The number of hydrogen-bond acceptors (Lipinski definition) is 4. The van der Waals surface area contributed by atoms with Crippen molar-refractivity contribution in [3.05, 3.63) is 136 Å². The van der Waals surface area contributed by atoms with Crippen LogP contribution >= 0.6 is 11.8 Å². The highest BCUT2D eigenvalue weighted by atomic mass is 32.2. The Balaban J connectivity index is 1.39. The smallest absolute Gasteiger partial charge is 0.337 e. The number of allylic oxidation sites excluding steroid dienone is 1. The number of nitrogens with zero attached hydrogens (tertiary/aromatic N) is 3. The number of thioether (sulfide) groups is 1. The lowest BCUT2D eigenvalue weighted by molar-refractivity contribution is -0.137. The Morgan fingerprint density at radius 1 is 0.824 bits per heavy atom. The van der Waals surface area contributed by atoms with Gasteiger partial charge in [-0.2, -0.15) is 13.2 Å². The van der Waals surface area contributed by atoms with Gasteiger partial charge >= 0.3 is 6.18 Å². The van der Waals surface area contributed by atoms with Crippen LogP contribution in [0.1, 0.15) is 56.4 Å². The molecule has 0 unspecified atom stereocenters. The molecule has 4 aromatic carbocycles. The van der Waals surface area contributed by atoms with Crippen molar-refractivity contribution in [3.8, 4) is 11.1 Å². The number of anilines is 1. The van der Waals surface area contributed by atoms with Gasteiger partial charge in [0.15, 0.2) is 11.6 Å². The highest BCUT2D eigenvalue weighted by molar-refractivity contribution is 8.02. The van der Waals surface area contributed by atoms with Gasteiger partial charge in [-0.1, -0.05) is 94.4 Å². The van der Waals surface area contributed by atoms with Crippen LogP contribution in [0.3, 0.4) is 0 Å². The molecule has 0 atom stereocenters. The maximum absolute atomic E-state index is 14.6. The Bertz CT molecular complexity index is 1820. The minimum atomic E-state index is -4.40. The number of rotatable bonds is 14. The van der Waals surface area contributed by atoms with Crippen molar-refractivity contribution in [2.24, 2.45) is 0 Å². The molecule has 270 valence electrons. The molecule has 1 amide bonds. The summed E-state index contributed by atoms with van der Waals surface area (Å²) < 4.78 is 67.9. The van der Waals surface area contributed by atoms with Crippen LogP contribution in [0.4, 0.5) is 27.6 Å². The molecule has 0 aromatic heterocycles. The van der Waals surface area contributed by atoms with Gasteiger partial charge in [-0.05, 0) is 78.7 Å². The largest absolute Gasteiger partial charge is 0.416 e. The predicted molar refractivity (Wildman–Crippen MR) is 197 cm³/mol. The fourth-order valence-corrected chi connectivity index (χ4v) is 7.58. The minimum Gasteiger partial charge on any atom is -0.337 e. The fourth-order valence-electron chi connectivity index (χ4n) is 6.36. The van der Waals surface area contributed by atoms with E-state index in [1.165, 1.54) is 30.0 Å². The highest BCUT2D eigenvalue weighted by Crippen LogP contribution is 2.44. The van der Waals surface area contributed by atoms with Crippen LogP contribution in [0.5, 0.6) is 0 Å². The molecule has 0 N–H and O–H groups in total. The molecule has 0 saturated heterocycles. The average molecular weight is 722 g/mol. The zero-order chi connectivity index (χ0) is 36.8. The molecule has 0 aliphatic carbocycles. The Labute approximate surface area is 302 Å². The normalized spacial score (nSPS) is 14.0. The number of carbonyl (C=O) groups excluding carboxylic acids is 1. The third-order valence-corrected chi connectivity index (χ3v) is 10.5. The van der Waals surface area contributed by atoms with E-state index in [2.05, 4.69) is 44.7 Å². The van der Waals surface area contributed by atoms with Crippen molar-refractivity contribution >= 4 is 23.4 Å². The summed E-state index contributed by atoms with van der Waals surface area (Å²) in [7, 11) is 0. The maximum Gasteiger partial charge on any atom is 0.416 e. The Morgan fingerprint density at radius 2 is 1.47 bits per heavy atom. The topological polar surface area (TPSA) is 26.8 Å². The van der Waals surface area contributed by atoms with Gasteiger partial charge in [0.2, 0.25) is 5.91 Å². The molecule has 4 aromatic rings. The molecule has 4 nitrogen and oxygen atoms in total. The molecule has 1 heterocycles. The van der Waals surface area contributed by atoms with Crippen LogP contribution in [0.25, 0.3) is 11.1 Å². The summed E-state index contributed by atoms with van der Waals surface area (Å²) in [6.07, 6.45) is -1.53. The van der Waals surface area contributed by atoms with E-state index in [4.69, 9.17) is 0 Å². The van der Waals surface area contributed by atoms with E-state index < -0.39 is 23.4 Å². The summed E-state index contributed by atoms with van der Waals surface area (Å²) in [5.74, 6) is -1.65. The summed E-state index contributed by atoms with van der Waals surface area (Å²) in [4.78, 5) is 20.5. The standard InChI is InChI=1S/C41H44F5N3OS/c1-5-47(6-2)23-10-24-48(26-29-15-17-30(18-16-29)31-19-21-33(22-20-31)41(44,45)46)37(50)27-49-36-14-8-7-12-34(36)40(3,4)25-38(49)51-28-32-11-9-13-35(42)39(32)43/h7-9,11-22,25H,5-6,10,23-24,26-28H2,1-4H3. The Kier molecular flexibility index (Phi) is 12.3. The van der Waals surface area contributed by atoms with Crippen LogP contribution in [-0.2, 0) is 28.7 Å². The van der Waals surface area contributed by atoms with Crippen LogP contribution in [0.15, 0.2) is 102 Å². The second-order valence-corrected chi connectivity index (χ2v) is 14.3. The first-order chi connectivity index (χ1) is 24.3. The number of amides is 1. The van der Waals surface area contributed by atoms with Gasteiger partial charge in [-0.3, -0.25) is 4.79 Å². The van der Waals surface area contributed by atoms with E-state index in [1.54, 1.807) is 6.07 Å². The number of hydrogen-bond donors (Lipinski definition) is 0. The molecule has 1 aliphatic heterocycles. The molecule has 0 bridgehead atoms. The molecule has 10 heteroatoms. The zero-order valence-corrected chi connectivity index (χ0v) is 30.3. The van der Waals surface area contributed by atoms with E-state index in [0.717, 1.165) is 71.7 Å². The highest BCUT2D eigenvalue weighted by Gasteiger charge is 2.33. The second kappa shape index (κ2) is 16.5. The quantitative estimate of drug-likeness (QED) is 0.121. The number of carbonyl (C=O) groups is 1. The molecular formula is C41H44F5N3OS. The van der Waals surface area contributed by atoms with Crippen molar-refractivity contribution in [3.63, 3.8) is 0 Å². The van der Waals surface area contributed by atoms with E-state index in [9.17, 15) is 26.7 Å². The third kappa shape index (κ3) is 9.40. The van der Waals surface area contributed by atoms with E-state index in [-0.39, 0.29) is 29.2 Å². The van der Waals surface area contributed by atoms with E-state index in [1.807, 2.05) is 52.3 Å². The number of para-hydroxylation sites is 1. The summed E-state index contributed by atoms with van der Waals surface area (Å²) >= 11 is 1.37. The van der Waals surface area contributed by atoms with Crippen LogP contribution in [0.2, 0.25) is 0 Å². The monoisotopic (exact) mass is 721 g/mol. The number of fused-ring (bicyclic) bond motifs is 1. The van der Waals surface area contributed by atoms with E-state index >= 15 is 0 Å². The van der Waals surface area contributed by atoms with Gasteiger partial charge in [-0.15, -0.1) is 11.8 Å². The number of halogens is 5. The van der Waals surface area contributed by atoms with Gasteiger partial charge in [-0.25, -0.2) is 8.78 Å². The maximum atomic E-state index is 14.6. The van der Waals surface area contributed by atoms with Crippen molar-refractivity contribution < 1.29 is 26.7 Å². The van der Waals surface area contributed by atoms with Gasteiger partial charge in [0.25, 0.3) is 0 Å². The molecule has 51 heavy (non-hydrogen) atoms. The average Bonchev–Trinajstić information content (AvgIpc) is 3.11. The third-order valence-electron chi connectivity index (χ3n) is 9.36. The first-order valence-electron chi connectivity index (χ1n) is 17.2. The molecule has 1 aliphatic rings. The lowest BCUT2D eigenvalue weighted by Crippen LogP contribution is -2.43. The van der Waals surface area contributed by atoms with Crippen molar-refractivity contribution in [1.29, 1.82) is 0 Å². The number of benzene rings is 4. The molecule has 0 fully saturated rings. The molecular weight excluding hydrogens is 678 g/mol. The van der Waals surface area contributed by atoms with Crippen LogP contribution in [-0.4, -0.2) is 48.4 Å². The lowest BCUT2D eigenvalue weighted by atomic mass is 9.81. The number of alkyl halides is 3. The molecule has 0 spiro atoms. The summed E-state index contributed by atoms with van der Waals surface area (Å²) in [6.45, 7) is 12.0. The first-order valence-corrected chi connectivity index (χ1v) is 18.2. The van der Waals surface area contributed by atoms with Crippen molar-refractivity contribution in [2.75, 3.05) is 37.6 Å². The van der Waals surface area contributed by atoms with Gasteiger partial charge in [0, 0.05) is 35.5 Å². The van der Waals surface area contributed by atoms with Gasteiger partial charge in [0.1, 0.15) is 6.54 Å². The Hall–Kier alpha value is -4.15. The SMILES string of the molecule is CCN(CC)CCCN(Cc1ccc(-c2ccc(C(F)(F)F)cc2)cc1)C(=O)CN1C(SCc2cccc(F)c2F)=CC(C)(C)c2ccccc21. The van der Waals surface area contributed by atoms with Crippen molar-refractivity contribution in [1.82, 2.24) is 9.80 Å². The first kappa shape index (κ1) is 38.1. The summed E-state index contributed by atoms with van der Waals surface area (Å²) in [5.41, 5.74) is 3.49. The summed E-state index contributed by atoms with van der Waals surface area (Å²) in [5, 5.41) is 0.791.